The van der Waals surface area contributed by atoms with Crippen molar-refractivity contribution < 1.29 is 4.79 Å². The minimum Gasteiger partial charge on any atom is -0.325 e. The largest absolute Gasteiger partial charge is 0.325 e. The van der Waals surface area contributed by atoms with Gasteiger partial charge in [0.25, 0.3) is 0 Å². The summed E-state index contributed by atoms with van der Waals surface area (Å²) in [5.41, 5.74) is 0.814. The minimum absolute atomic E-state index is 0.0369. The molecule has 3 aromatic rings. The van der Waals surface area contributed by atoms with E-state index in [9.17, 15) is 4.79 Å². The molecule has 0 saturated carbocycles. The Morgan fingerprint density at radius 3 is 2.61 bits per heavy atom. The van der Waals surface area contributed by atoms with Crippen molar-refractivity contribution in [2.75, 3.05) is 16.8 Å². The van der Waals surface area contributed by atoms with Gasteiger partial charge in [0.1, 0.15) is 0 Å². The zero-order valence-corrected chi connectivity index (χ0v) is 14.9. The highest BCUT2D eigenvalue weighted by Gasteiger charge is 2.08. The Bertz CT molecular complexity index is 819. The summed E-state index contributed by atoms with van der Waals surface area (Å²) in [5.74, 6) is 1.27. The van der Waals surface area contributed by atoms with Crippen LogP contribution >= 0.6 is 34.9 Å². The molecule has 1 aromatic heterocycles. The van der Waals surface area contributed by atoms with Crippen molar-refractivity contribution >= 4 is 57.2 Å². The molecule has 0 radical (unpaired) electrons. The third kappa shape index (κ3) is 4.46. The van der Waals surface area contributed by atoms with E-state index in [0.717, 1.165) is 30.9 Å². The van der Waals surface area contributed by atoms with Gasteiger partial charge in [-0.3, -0.25) is 4.79 Å². The molecule has 0 spiro atoms. The monoisotopic (exact) mass is 361 g/mol. The molecule has 4 nitrogen and oxygen atoms in total. The highest BCUT2D eigenvalue weighted by atomic mass is 32.2. The van der Waals surface area contributed by atoms with Crippen molar-refractivity contribution in [1.29, 1.82) is 0 Å². The maximum absolute atomic E-state index is 12.1. The molecule has 0 aliphatic heterocycles. The first-order valence-corrected chi connectivity index (χ1v) is 9.91. The number of hydrogen-bond acceptors (Lipinski definition) is 6. The standard InChI is InChI=1S/C16H15N3OS3/c1-2-21-15-18-19-16(23-15)22-10-14(20)17-13-8-7-11-5-3-4-6-12(11)9-13/h3-9H,2,10H2,1H3,(H,17,20). The van der Waals surface area contributed by atoms with Crippen LogP contribution in [-0.4, -0.2) is 27.6 Å². The summed E-state index contributed by atoms with van der Waals surface area (Å²) >= 11 is 4.61. The zero-order chi connectivity index (χ0) is 16.1. The number of amides is 1. The van der Waals surface area contributed by atoms with Gasteiger partial charge in [-0.25, -0.2) is 0 Å². The van der Waals surface area contributed by atoms with Crippen molar-refractivity contribution in [3.8, 4) is 0 Å². The third-order valence-electron chi connectivity index (χ3n) is 3.02. The molecular formula is C16H15N3OS3. The van der Waals surface area contributed by atoms with E-state index in [0.29, 0.717) is 5.75 Å². The van der Waals surface area contributed by atoms with Gasteiger partial charge in [0.05, 0.1) is 5.75 Å². The van der Waals surface area contributed by atoms with Crippen LogP contribution in [0.1, 0.15) is 6.92 Å². The number of carbonyl (C=O) groups is 1. The van der Waals surface area contributed by atoms with Crippen molar-refractivity contribution in [3.05, 3.63) is 42.5 Å². The van der Waals surface area contributed by atoms with Gasteiger partial charge in [-0.15, -0.1) is 10.2 Å². The summed E-state index contributed by atoms with van der Waals surface area (Å²) in [5, 5.41) is 13.4. The second-order valence-corrected chi connectivity index (χ2v) is 8.38. The molecule has 0 aliphatic carbocycles. The van der Waals surface area contributed by atoms with Crippen molar-refractivity contribution in [1.82, 2.24) is 10.2 Å². The number of aromatic nitrogens is 2. The van der Waals surface area contributed by atoms with E-state index in [2.05, 4.69) is 28.5 Å². The predicted octanol–water partition coefficient (Wildman–Crippen LogP) is 4.53. The maximum atomic E-state index is 12.1. The van der Waals surface area contributed by atoms with Gasteiger partial charge < -0.3 is 5.32 Å². The van der Waals surface area contributed by atoms with Gasteiger partial charge in [0.15, 0.2) is 8.68 Å². The molecule has 23 heavy (non-hydrogen) atoms. The van der Waals surface area contributed by atoms with Crippen molar-refractivity contribution in [3.63, 3.8) is 0 Å². The van der Waals surface area contributed by atoms with Gasteiger partial charge in [-0.05, 0) is 28.7 Å². The van der Waals surface area contributed by atoms with E-state index in [-0.39, 0.29) is 5.91 Å². The number of rotatable bonds is 6. The van der Waals surface area contributed by atoms with E-state index in [1.54, 1.807) is 11.8 Å². The molecule has 1 amide bonds. The van der Waals surface area contributed by atoms with E-state index >= 15 is 0 Å². The molecule has 1 N–H and O–H groups in total. The Balaban J connectivity index is 1.57. The lowest BCUT2D eigenvalue weighted by Gasteiger charge is -2.05. The number of fused-ring (bicyclic) bond motifs is 1. The Hall–Kier alpha value is -1.57. The number of hydrogen-bond donors (Lipinski definition) is 1. The summed E-state index contributed by atoms with van der Waals surface area (Å²) in [6.45, 7) is 2.08. The fraction of sp³-hybridized carbons (Fsp3) is 0.188. The topological polar surface area (TPSA) is 54.9 Å². The molecule has 3 rings (SSSR count). The van der Waals surface area contributed by atoms with E-state index in [1.165, 1.54) is 23.1 Å². The van der Waals surface area contributed by atoms with Gasteiger partial charge in [-0.1, -0.05) is 72.1 Å². The summed E-state index contributed by atoms with van der Waals surface area (Å²) in [7, 11) is 0. The molecule has 0 saturated heterocycles. The lowest BCUT2D eigenvalue weighted by atomic mass is 10.1. The molecule has 118 valence electrons. The molecular weight excluding hydrogens is 346 g/mol. The summed E-state index contributed by atoms with van der Waals surface area (Å²) in [6, 6.07) is 14.0. The lowest BCUT2D eigenvalue weighted by Crippen LogP contribution is -2.13. The first-order chi connectivity index (χ1) is 11.2. The molecule has 1 heterocycles. The van der Waals surface area contributed by atoms with Crippen LogP contribution in [-0.2, 0) is 4.79 Å². The van der Waals surface area contributed by atoms with Crippen molar-refractivity contribution in [2.24, 2.45) is 0 Å². The van der Waals surface area contributed by atoms with E-state index in [1.807, 2.05) is 36.4 Å². The number of carbonyl (C=O) groups excluding carboxylic acids is 1. The van der Waals surface area contributed by atoms with Crippen LogP contribution in [0.25, 0.3) is 10.8 Å². The van der Waals surface area contributed by atoms with Gasteiger partial charge in [0, 0.05) is 5.69 Å². The second kappa shape index (κ2) is 7.81. The Labute approximate surface area is 147 Å². The molecule has 0 aliphatic rings. The smallest absolute Gasteiger partial charge is 0.234 e. The first kappa shape index (κ1) is 16.3. The van der Waals surface area contributed by atoms with Crippen molar-refractivity contribution in [2.45, 2.75) is 15.6 Å². The number of benzene rings is 2. The fourth-order valence-electron chi connectivity index (χ4n) is 2.03. The molecule has 2 aromatic carbocycles. The normalized spacial score (nSPS) is 10.8. The van der Waals surface area contributed by atoms with Crippen LogP contribution < -0.4 is 5.32 Å². The zero-order valence-electron chi connectivity index (χ0n) is 12.5. The molecule has 0 atom stereocenters. The molecule has 0 unspecified atom stereocenters. The van der Waals surface area contributed by atoms with E-state index in [4.69, 9.17) is 0 Å². The summed E-state index contributed by atoms with van der Waals surface area (Å²) in [6.07, 6.45) is 0. The minimum atomic E-state index is -0.0369. The highest BCUT2D eigenvalue weighted by Crippen LogP contribution is 2.28. The van der Waals surface area contributed by atoms with E-state index < -0.39 is 0 Å². The summed E-state index contributed by atoms with van der Waals surface area (Å²) in [4.78, 5) is 12.1. The second-order valence-electron chi connectivity index (χ2n) is 4.67. The Kier molecular flexibility index (Phi) is 5.53. The third-order valence-corrected chi connectivity index (χ3v) is 6.09. The quantitative estimate of drug-likeness (QED) is 0.654. The van der Waals surface area contributed by atoms with Gasteiger partial charge in [-0.2, -0.15) is 0 Å². The average molecular weight is 362 g/mol. The number of anilines is 1. The SMILES string of the molecule is CCSc1nnc(SCC(=O)Nc2ccc3ccccc3c2)s1. The van der Waals surface area contributed by atoms with Crippen LogP contribution in [0.5, 0.6) is 0 Å². The number of nitrogens with one attached hydrogen (secondary N) is 1. The maximum Gasteiger partial charge on any atom is 0.234 e. The van der Waals surface area contributed by atoms with Crippen LogP contribution in [0, 0.1) is 0 Å². The fourth-order valence-corrected chi connectivity index (χ4v) is 4.75. The van der Waals surface area contributed by atoms with Gasteiger partial charge >= 0.3 is 0 Å². The van der Waals surface area contributed by atoms with Gasteiger partial charge in [0.2, 0.25) is 5.91 Å². The highest BCUT2D eigenvalue weighted by molar-refractivity contribution is 8.03. The van der Waals surface area contributed by atoms with Crippen LogP contribution in [0.15, 0.2) is 51.1 Å². The first-order valence-electron chi connectivity index (χ1n) is 7.12. The Morgan fingerprint density at radius 2 is 1.83 bits per heavy atom. The average Bonchev–Trinajstić information content (AvgIpc) is 3.01. The molecule has 0 fully saturated rings. The molecule has 7 heteroatoms. The van der Waals surface area contributed by atoms with Crippen LogP contribution in [0.4, 0.5) is 5.69 Å². The number of thioether (sulfide) groups is 2. The lowest BCUT2D eigenvalue weighted by molar-refractivity contribution is -0.113. The Morgan fingerprint density at radius 1 is 1.09 bits per heavy atom. The predicted molar refractivity (Wildman–Crippen MR) is 99.6 cm³/mol. The van der Waals surface area contributed by atoms with Crippen LogP contribution in [0.2, 0.25) is 0 Å². The van der Waals surface area contributed by atoms with Crippen LogP contribution in [0.3, 0.4) is 0 Å². The molecule has 0 bridgehead atoms. The summed E-state index contributed by atoms with van der Waals surface area (Å²) < 4.78 is 1.78. The number of nitrogens with zero attached hydrogens (tertiary/aromatic N) is 2.